The molecule has 1 aliphatic carbocycles. The maximum absolute atomic E-state index is 13.1. The van der Waals surface area contributed by atoms with Crippen LogP contribution in [0.2, 0.25) is 0 Å². The molecule has 0 atom stereocenters. The van der Waals surface area contributed by atoms with Crippen molar-refractivity contribution < 1.29 is 13.9 Å². The van der Waals surface area contributed by atoms with Crippen molar-refractivity contribution in [2.45, 2.75) is 25.7 Å². The van der Waals surface area contributed by atoms with Crippen LogP contribution in [0.5, 0.6) is 5.75 Å². The zero-order chi connectivity index (χ0) is 13.0. The Bertz CT molecular complexity index is 430. The van der Waals surface area contributed by atoms with Crippen LogP contribution in [0.4, 0.5) is 4.39 Å². The second-order valence-electron chi connectivity index (χ2n) is 4.63. The minimum atomic E-state index is -0.281. The molecule has 2 rings (SSSR count). The van der Waals surface area contributed by atoms with Crippen molar-refractivity contribution in [2.24, 2.45) is 5.92 Å². The van der Waals surface area contributed by atoms with Gasteiger partial charge in [-0.3, -0.25) is 4.79 Å². The smallest absolute Gasteiger partial charge is 0.223 e. The second-order valence-corrected chi connectivity index (χ2v) is 4.63. The molecule has 3 nitrogen and oxygen atoms in total. The van der Waals surface area contributed by atoms with E-state index in [9.17, 15) is 9.18 Å². The predicted molar refractivity (Wildman–Crippen MR) is 67.0 cm³/mol. The molecule has 18 heavy (non-hydrogen) atoms. The van der Waals surface area contributed by atoms with E-state index in [-0.39, 0.29) is 17.6 Å². The number of hydrogen-bond acceptors (Lipinski definition) is 2. The maximum atomic E-state index is 13.1. The highest BCUT2D eigenvalue weighted by molar-refractivity contribution is 5.79. The number of methoxy groups -OCH3 is 1. The summed E-state index contributed by atoms with van der Waals surface area (Å²) in [7, 11) is 1.56. The number of rotatable bonds is 5. The van der Waals surface area contributed by atoms with E-state index in [0.29, 0.717) is 18.7 Å². The van der Waals surface area contributed by atoms with E-state index >= 15 is 0 Å². The number of halogens is 1. The standard InChI is InChI=1S/C14H18FNO2/c1-18-13-6-5-12(15)9-11(13)7-8-16-14(17)10-3-2-4-10/h5-6,9-10H,2-4,7-8H2,1H3,(H,16,17). The van der Waals surface area contributed by atoms with Gasteiger partial charge in [0.25, 0.3) is 0 Å². The van der Waals surface area contributed by atoms with Crippen LogP contribution in [-0.2, 0) is 11.2 Å². The summed E-state index contributed by atoms with van der Waals surface area (Å²) in [4.78, 5) is 11.6. The molecule has 0 spiro atoms. The molecular formula is C14H18FNO2. The van der Waals surface area contributed by atoms with E-state index in [1.54, 1.807) is 13.2 Å². The van der Waals surface area contributed by atoms with Gasteiger partial charge in [-0.05, 0) is 43.0 Å². The van der Waals surface area contributed by atoms with Crippen LogP contribution in [0.1, 0.15) is 24.8 Å². The fourth-order valence-corrected chi connectivity index (χ4v) is 2.08. The first-order valence-corrected chi connectivity index (χ1v) is 6.31. The molecular weight excluding hydrogens is 233 g/mol. The van der Waals surface area contributed by atoms with Gasteiger partial charge in [-0.25, -0.2) is 4.39 Å². The van der Waals surface area contributed by atoms with Crippen molar-refractivity contribution in [2.75, 3.05) is 13.7 Å². The van der Waals surface area contributed by atoms with Gasteiger partial charge in [0, 0.05) is 12.5 Å². The van der Waals surface area contributed by atoms with Gasteiger partial charge in [-0.1, -0.05) is 6.42 Å². The van der Waals surface area contributed by atoms with Crippen molar-refractivity contribution in [3.63, 3.8) is 0 Å². The first-order valence-electron chi connectivity index (χ1n) is 6.31. The zero-order valence-corrected chi connectivity index (χ0v) is 10.5. The predicted octanol–water partition coefficient (Wildman–Crippen LogP) is 2.29. The van der Waals surface area contributed by atoms with Crippen molar-refractivity contribution in [1.82, 2.24) is 5.32 Å². The normalized spacial score (nSPS) is 15.0. The lowest BCUT2D eigenvalue weighted by atomic mass is 9.85. The van der Waals surface area contributed by atoms with Crippen LogP contribution in [0.15, 0.2) is 18.2 Å². The third kappa shape index (κ3) is 3.00. The molecule has 1 aromatic rings. The molecule has 0 aliphatic heterocycles. The Morgan fingerprint density at radius 3 is 2.89 bits per heavy atom. The second kappa shape index (κ2) is 5.85. The quantitative estimate of drug-likeness (QED) is 0.872. The van der Waals surface area contributed by atoms with Crippen LogP contribution in [0.25, 0.3) is 0 Å². The molecule has 1 amide bonds. The van der Waals surface area contributed by atoms with Crippen molar-refractivity contribution in [3.8, 4) is 5.75 Å². The van der Waals surface area contributed by atoms with E-state index in [2.05, 4.69) is 5.32 Å². The molecule has 0 unspecified atom stereocenters. The summed E-state index contributed by atoms with van der Waals surface area (Å²) in [6, 6.07) is 4.43. The monoisotopic (exact) mass is 251 g/mol. The zero-order valence-electron chi connectivity index (χ0n) is 10.5. The van der Waals surface area contributed by atoms with Crippen LogP contribution in [-0.4, -0.2) is 19.6 Å². The Hall–Kier alpha value is -1.58. The van der Waals surface area contributed by atoms with Crippen molar-refractivity contribution in [3.05, 3.63) is 29.6 Å². The molecule has 0 heterocycles. The fraction of sp³-hybridized carbons (Fsp3) is 0.500. The number of ether oxygens (including phenoxy) is 1. The molecule has 1 N–H and O–H groups in total. The summed E-state index contributed by atoms with van der Waals surface area (Å²) in [5.41, 5.74) is 0.784. The summed E-state index contributed by atoms with van der Waals surface area (Å²) in [6.45, 7) is 0.523. The number of benzene rings is 1. The lowest BCUT2D eigenvalue weighted by Crippen LogP contribution is -2.35. The minimum Gasteiger partial charge on any atom is -0.496 e. The summed E-state index contributed by atoms with van der Waals surface area (Å²) < 4.78 is 18.3. The number of carbonyl (C=O) groups is 1. The first-order chi connectivity index (χ1) is 8.70. The van der Waals surface area contributed by atoms with Gasteiger partial charge in [-0.2, -0.15) is 0 Å². The fourth-order valence-electron chi connectivity index (χ4n) is 2.08. The van der Waals surface area contributed by atoms with Gasteiger partial charge in [0.15, 0.2) is 0 Å². The summed E-state index contributed by atoms with van der Waals surface area (Å²) in [5.74, 6) is 0.696. The highest BCUT2D eigenvalue weighted by atomic mass is 19.1. The Labute approximate surface area is 106 Å². The Morgan fingerprint density at radius 1 is 1.50 bits per heavy atom. The number of amides is 1. The highest BCUT2D eigenvalue weighted by Crippen LogP contribution is 2.26. The number of carbonyl (C=O) groups excluding carboxylic acids is 1. The SMILES string of the molecule is COc1ccc(F)cc1CCNC(=O)C1CCC1. The van der Waals surface area contributed by atoms with E-state index in [4.69, 9.17) is 4.74 Å². The van der Waals surface area contributed by atoms with Gasteiger partial charge in [0.2, 0.25) is 5.91 Å². The molecule has 1 fully saturated rings. The van der Waals surface area contributed by atoms with Gasteiger partial charge in [-0.15, -0.1) is 0 Å². The molecule has 0 radical (unpaired) electrons. The van der Waals surface area contributed by atoms with Gasteiger partial charge >= 0.3 is 0 Å². The lowest BCUT2D eigenvalue weighted by molar-refractivity contribution is -0.127. The third-order valence-electron chi connectivity index (χ3n) is 3.41. The molecule has 1 aromatic carbocycles. The highest BCUT2D eigenvalue weighted by Gasteiger charge is 2.24. The molecule has 1 aliphatic rings. The van der Waals surface area contributed by atoms with Crippen LogP contribution in [0, 0.1) is 11.7 Å². The van der Waals surface area contributed by atoms with E-state index < -0.39 is 0 Å². The van der Waals surface area contributed by atoms with Crippen LogP contribution in [0.3, 0.4) is 0 Å². The van der Waals surface area contributed by atoms with Crippen molar-refractivity contribution in [1.29, 1.82) is 0 Å². The van der Waals surface area contributed by atoms with Crippen LogP contribution >= 0.6 is 0 Å². The van der Waals surface area contributed by atoms with Gasteiger partial charge in [0.05, 0.1) is 7.11 Å². The Balaban J connectivity index is 1.85. The summed E-state index contributed by atoms with van der Waals surface area (Å²) >= 11 is 0. The Kier molecular flexibility index (Phi) is 4.18. The maximum Gasteiger partial charge on any atom is 0.223 e. The molecule has 0 aromatic heterocycles. The molecule has 98 valence electrons. The third-order valence-corrected chi connectivity index (χ3v) is 3.41. The average molecular weight is 251 g/mol. The number of nitrogens with one attached hydrogen (secondary N) is 1. The summed E-state index contributed by atoms with van der Waals surface area (Å²) in [5, 5.41) is 2.89. The molecule has 0 bridgehead atoms. The molecule has 4 heteroatoms. The van der Waals surface area contributed by atoms with Crippen molar-refractivity contribution >= 4 is 5.91 Å². The van der Waals surface area contributed by atoms with Gasteiger partial charge < -0.3 is 10.1 Å². The average Bonchev–Trinajstić information content (AvgIpc) is 2.27. The lowest BCUT2D eigenvalue weighted by Gasteiger charge is -2.24. The molecule has 1 saturated carbocycles. The van der Waals surface area contributed by atoms with Gasteiger partial charge in [0.1, 0.15) is 11.6 Å². The minimum absolute atomic E-state index is 0.122. The topological polar surface area (TPSA) is 38.3 Å². The Morgan fingerprint density at radius 2 is 2.28 bits per heavy atom. The van der Waals surface area contributed by atoms with E-state index in [0.717, 1.165) is 24.8 Å². The largest absolute Gasteiger partial charge is 0.496 e. The number of hydrogen-bond donors (Lipinski definition) is 1. The summed E-state index contributed by atoms with van der Waals surface area (Å²) in [6.07, 6.45) is 3.72. The van der Waals surface area contributed by atoms with E-state index in [1.165, 1.54) is 12.1 Å². The van der Waals surface area contributed by atoms with Crippen LogP contribution < -0.4 is 10.1 Å². The molecule has 0 saturated heterocycles. The van der Waals surface area contributed by atoms with E-state index in [1.807, 2.05) is 0 Å². The first kappa shape index (κ1) is 12.9.